The number of carbonyl (C=O) groups excluding carboxylic acids is 1. The normalized spacial score (nSPS) is 22.1. The molecule has 1 unspecified atom stereocenters. The molecule has 2 N–H and O–H groups in total. The van der Waals surface area contributed by atoms with Crippen molar-refractivity contribution in [3.8, 4) is 0 Å². The minimum atomic E-state index is -0.519. The molecule has 4 rings (SSSR count). The average Bonchev–Trinajstić information content (AvgIpc) is 3.17. The fourth-order valence-corrected chi connectivity index (χ4v) is 5.17. The van der Waals surface area contributed by atoms with Gasteiger partial charge in [-0.25, -0.2) is 14.8 Å². The predicted molar refractivity (Wildman–Crippen MR) is 131 cm³/mol. The second kappa shape index (κ2) is 8.77. The highest BCUT2D eigenvalue weighted by molar-refractivity contribution is 7.94. The van der Waals surface area contributed by atoms with E-state index in [1.165, 1.54) is 5.55 Å². The van der Waals surface area contributed by atoms with Crippen molar-refractivity contribution in [2.75, 3.05) is 24.5 Å². The van der Waals surface area contributed by atoms with Crippen LogP contribution in [0, 0.1) is 5.41 Å². The zero-order chi connectivity index (χ0) is 22.9. The third-order valence-electron chi connectivity index (χ3n) is 6.35. The summed E-state index contributed by atoms with van der Waals surface area (Å²) < 4.78 is 5.78. The molecule has 32 heavy (non-hydrogen) atoms. The largest absolute Gasteiger partial charge is 0.444 e. The molecule has 0 aliphatic carbocycles. The lowest BCUT2D eigenvalue weighted by molar-refractivity contribution is -0.0198. The third-order valence-corrected chi connectivity index (χ3v) is 6.47. The number of rotatable bonds is 2. The number of fused-ring (bicyclic) bond motifs is 1. The predicted octanol–water partition coefficient (Wildman–Crippen LogP) is 4.61. The van der Waals surface area contributed by atoms with E-state index in [1.807, 2.05) is 31.7 Å². The van der Waals surface area contributed by atoms with Crippen molar-refractivity contribution in [2.24, 2.45) is 4.99 Å². The second-order valence-electron chi connectivity index (χ2n) is 9.69. The number of carbonyl (C=O) groups is 1. The number of nitrogens with one attached hydrogen (secondary N) is 2. The maximum absolute atomic E-state index is 13.1. The van der Waals surface area contributed by atoms with Gasteiger partial charge in [-0.1, -0.05) is 0 Å². The van der Waals surface area contributed by atoms with Gasteiger partial charge in [-0.2, -0.15) is 0 Å². The number of aliphatic imine (C=N–C) groups is 1. The van der Waals surface area contributed by atoms with E-state index in [9.17, 15) is 4.79 Å². The van der Waals surface area contributed by atoms with Gasteiger partial charge in [0.1, 0.15) is 11.2 Å². The number of amides is 1. The average molecular weight is 457 g/mol. The van der Waals surface area contributed by atoms with Gasteiger partial charge in [0, 0.05) is 37.6 Å². The molecular formula is C23H32N6O2S. The van der Waals surface area contributed by atoms with Gasteiger partial charge >= 0.3 is 6.09 Å². The molecular weight excluding hydrogens is 424 g/mol. The van der Waals surface area contributed by atoms with Crippen LogP contribution in [-0.2, 0) is 4.74 Å². The molecule has 2 aliphatic rings. The SMILES string of the molecule is CC(C)(C)OC(=O)N1CCCCC12CCCN(c1ccnc3[nH]cc(C(=N)/N=C\S)c13)C2. The summed E-state index contributed by atoms with van der Waals surface area (Å²) in [4.78, 5) is 29.1. The summed E-state index contributed by atoms with van der Waals surface area (Å²) in [6.07, 6.45) is 8.38. The third kappa shape index (κ3) is 4.35. The Hall–Kier alpha value is -2.55. The lowest BCUT2D eigenvalue weighted by Gasteiger charge is -2.52. The summed E-state index contributed by atoms with van der Waals surface area (Å²) in [5.41, 5.74) is 2.99. The quantitative estimate of drug-likeness (QED) is 0.349. The monoisotopic (exact) mass is 456 g/mol. The van der Waals surface area contributed by atoms with Crippen LogP contribution >= 0.6 is 12.6 Å². The number of likely N-dealkylation sites (tertiary alicyclic amines) is 1. The zero-order valence-electron chi connectivity index (χ0n) is 19.0. The highest BCUT2D eigenvalue weighted by Gasteiger charge is 2.46. The lowest BCUT2D eigenvalue weighted by atomic mass is 9.79. The molecule has 1 spiro atoms. The highest BCUT2D eigenvalue weighted by Crippen LogP contribution is 2.40. The van der Waals surface area contributed by atoms with E-state index in [-0.39, 0.29) is 17.5 Å². The molecule has 2 fully saturated rings. The summed E-state index contributed by atoms with van der Waals surface area (Å²) in [7, 11) is 0. The van der Waals surface area contributed by atoms with Crippen LogP contribution in [-0.4, -0.2) is 63.1 Å². The molecule has 1 amide bonds. The van der Waals surface area contributed by atoms with E-state index in [2.05, 4.69) is 32.5 Å². The summed E-state index contributed by atoms with van der Waals surface area (Å²) in [5.74, 6) is 0.139. The van der Waals surface area contributed by atoms with Gasteiger partial charge in [0.05, 0.1) is 22.2 Å². The van der Waals surface area contributed by atoms with Crippen molar-refractivity contribution in [3.63, 3.8) is 0 Å². The van der Waals surface area contributed by atoms with Crippen molar-refractivity contribution in [1.82, 2.24) is 14.9 Å². The minimum Gasteiger partial charge on any atom is -0.444 e. The van der Waals surface area contributed by atoms with Crippen LogP contribution in [0.25, 0.3) is 11.0 Å². The summed E-state index contributed by atoms with van der Waals surface area (Å²) in [6, 6.07) is 2.00. The van der Waals surface area contributed by atoms with Gasteiger partial charge < -0.3 is 19.5 Å². The number of aromatic amines is 1. The van der Waals surface area contributed by atoms with Crippen molar-refractivity contribution in [1.29, 1.82) is 5.41 Å². The van der Waals surface area contributed by atoms with Crippen LogP contribution in [0.3, 0.4) is 0 Å². The first-order chi connectivity index (χ1) is 15.2. The van der Waals surface area contributed by atoms with Gasteiger partial charge in [-0.05, 0) is 58.9 Å². The maximum Gasteiger partial charge on any atom is 0.410 e. The number of piperidine rings is 2. The molecule has 4 heterocycles. The molecule has 0 bridgehead atoms. The van der Waals surface area contributed by atoms with Crippen LogP contribution in [0.1, 0.15) is 58.4 Å². The first-order valence-electron chi connectivity index (χ1n) is 11.2. The Balaban J connectivity index is 1.69. The lowest BCUT2D eigenvalue weighted by Crippen LogP contribution is -2.63. The van der Waals surface area contributed by atoms with E-state index in [0.717, 1.165) is 68.5 Å². The number of anilines is 1. The molecule has 0 saturated carbocycles. The summed E-state index contributed by atoms with van der Waals surface area (Å²) in [5, 5.41) is 9.20. The Morgan fingerprint density at radius 1 is 1.31 bits per heavy atom. The molecule has 172 valence electrons. The van der Waals surface area contributed by atoms with Gasteiger partial charge in [-0.15, -0.1) is 12.6 Å². The number of hydrogen-bond acceptors (Lipinski definition) is 5. The Kier molecular flexibility index (Phi) is 6.20. The Labute approximate surface area is 194 Å². The van der Waals surface area contributed by atoms with Gasteiger partial charge in [-0.3, -0.25) is 5.41 Å². The molecule has 0 radical (unpaired) electrons. The first-order valence-corrected chi connectivity index (χ1v) is 11.7. The van der Waals surface area contributed by atoms with Crippen molar-refractivity contribution in [3.05, 3.63) is 24.0 Å². The van der Waals surface area contributed by atoms with Crippen LogP contribution in [0.5, 0.6) is 0 Å². The first kappa shape index (κ1) is 22.6. The number of pyridine rings is 1. The molecule has 8 nitrogen and oxygen atoms in total. The van der Waals surface area contributed by atoms with Gasteiger partial charge in [0.2, 0.25) is 0 Å². The highest BCUT2D eigenvalue weighted by atomic mass is 32.1. The van der Waals surface area contributed by atoms with Crippen molar-refractivity contribution < 1.29 is 9.53 Å². The van der Waals surface area contributed by atoms with E-state index < -0.39 is 5.60 Å². The minimum absolute atomic E-state index is 0.139. The number of ether oxygens (including phenoxy) is 1. The molecule has 2 saturated heterocycles. The Morgan fingerprint density at radius 3 is 2.84 bits per heavy atom. The summed E-state index contributed by atoms with van der Waals surface area (Å²) in [6.45, 7) is 8.09. The van der Waals surface area contributed by atoms with Crippen LogP contribution in [0.15, 0.2) is 23.5 Å². The molecule has 1 atom stereocenters. The fraction of sp³-hybridized carbons (Fsp3) is 0.565. The van der Waals surface area contributed by atoms with E-state index in [4.69, 9.17) is 10.1 Å². The number of thiol groups is 1. The number of amidine groups is 1. The van der Waals surface area contributed by atoms with Gasteiger partial charge in [0.25, 0.3) is 0 Å². The Morgan fingerprint density at radius 2 is 2.09 bits per heavy atom. The number of aromatic nitrogens is 2. The maximum atomic E-state index is 13.1. The Bertz CT molecular complexity index is 1040. The standard InChI is InChI=1S/C23H32N6O2S/c1-22(2,3)31-21(30)29-12-5-4-8-23(29)9-6-11-28(14-23)17-7-10-25-20-18(17)16(13-26-20)19(24)27-15-32/h7,10,13,15H,4-6,8-9,11-12,14H2,1-3H3,(H,25,26)(H2,24,27,32). The van der Waals surface area contributed by atoms with Crippen LogP contribution in [0.4, 0.5) is 10.5 Å². The summed E-state index contributed by atoms with van der Waals surface area (Å²) >= 11 is 4.02. The molecule has 2 aromatic rings. The number of nitrogens with zero attached hydrogens (tertiary/aromatic N) is 4. The molecule has 2 aliphatic heterocycles. The van der Waals surface area contributed by atoms with Gasteiger partial charge in [0.15, 0.2) is 5.84 Å². The van der Waals surface area contributed by atoms with E-state index >= 15 is 0 Å². The fourth-order valence-electron chi connectivity index (χ4n) is 5.06. The number of hydrogen-bond donors (Lipinski definition) is 3. The van der Waals surface area contributed by atoms with E-state index in [0.29, 0.717) is 5.56 Å². The smallest absolute Gasteiger partial charge is 0.410 e. The molecule has 2 aromatic heterocycles. The van der Waals surface area contributed by atoms with E-state index in [1.54, 1.807) is 12.4 Å². The second-order valence-corrected chi connectivity index (χ2v) is 9.92. The number of H-pyrrole nitrogens is 1. The van der Waals surface area contributed by atoms with Crippen LogP contribution < -0.4 is 4.90 Å². The van der Waals surface area contributed by atoms with Crippen LogP contribution in [0.2, 0.25) is 0 Å². The topological polar surface area (TPSA) is 97.7 Å². The van der Waals surface area contributed by atoms with Crippen molar-refractivity contribution >= 4 is 46.8 Å². The zero-order valence-corrected chi connectivity index (χ0v) is 19.9. The molecule has 9 heteroatoms. The van der Waals surface area contributed by atoms with Crippen molar-refractivity contribution in [2.45, 2.75) is 64.0 Å². The molecule has 0 aromatic carbocycles.